The van der Waals surface area contributed by atoms with Gasteiger partial charge in [-0.2, -0.15) is 4.31 Å². The summed E-state index contributed by atoms with van der Waals surface area (Å²) < 4.78 is 33.4. The van der Waals surface area contributed by atoms with Crippen LogP contribution in [0.4, 0.5) is 5.82 Å². The third-order valence-electron chi connectivity index (χ3n) is 5.55. The first-order valence-corrected chi connectivity index (χ1v) is 12.1. The Morgan fingerprint density at radius 2 is 1.64 bits per heavy atom. The number of anilines is 1. The summed E-state index contributed by atoms with van der Waals surface area (Å²) in [6, 6.07) is 18.5. The molecule has 33 heavy (non-hydrogen) atoms. The molecule has 0 unspecified atom stereocenters. The molecular weight excluding hydrogens is 438 g/mol. The van der Waals surface area contributed by atoms with Crippen molar-refractivity contribution in [1.82, 2.24) is 19.3 Å². The lowest BCUT2D eigenvalue weighted by Crippen LogP contribution is -2.41. The first-order chi connectivity index (χ1) is 16.1. The molecule has 0 amide bonds. The van der Waals surface area contributed by atoms with Crippen molar-refractivity contribution in [2.45, 2.75) is 11.4 Å². The summed E-state index contributed by atoms with van der Waals surface area (Å²) in [5, 5.41) is 4.22. The van der Waals surface area contributed by atoms with Crippen LogP contribution in [0, 0.1) is 0 Å². The molecule has 2 aromatic carbocycles. The molecule has 1 saturated heterocycles. The van der Waals surface area contributed by atoms with Crippen LogP contribution in [0.15, 0.2) is 78.0 Å². The van der Waals surface area contributed by atoms with Crippen LogP contribution in [-0.2, 0) is 21.3 Å². The maximum absolute atomic E-state index is 13.3. The highest BCUT2D eigenvalue weighted by molar-refractivity contribution is 7.89. The summed E-state index contributed by atoms with van der Waals surface area (Å²) in [6.45, 7) is 1.83. The largest absolute Gasteiger partial charge is 0.379 e. The zero-order chi connectivity index (χ0) is 22.7. The number of morpholine rings is 1. The molecule has 0 bridgehead atoms. The number of para-hydroxylation sites is 1. The molecule has 3 heterocycles. The van der Waals surface area contributed by atoms with Crippen LogP contribution in [0.1, 0.15) is 5.56 Å². The Morgan fingerprint density at radius 1 is 0.909 bits per heavy atom. The molecular formula is C24H23N5O3S. The Hall–Kier alpha value is -3.40. The number of rotatable bonds is 6. The number of pyridine rings is 1. The van der Waals surface area contributed by atoms with Gasteiger partial charge in [-0.15, -0.1) is 0 Å². The second-order valence-electron chi connectivity index (χ2n) is 7.63. The second-order valence-corrected chi connectivity index (χ2v) is 9.53. The number of fused-ring (bicyclic) bond motifs is 1. The fourth-order valence-corrected chi connectivity index (χ4v) is 5.48. The Balaban J connectivity index is 1.49. The molecule has 168 valence electrons. The molecule has 0 saturated carbocycles. The van der Waals surface area contributed by atoms with Crippen molar-refractivity contribution in [2.75, 3.05) is 31.6 Å². The van der Waals surface area contributed by atoms with Gasteiger partial charge in [0.1, 0.15) is 5.82 Å². The molecule has 5 rings (SSSR count). The van der Waals surface area contributed by atoms with E-state index in [2.05, 4.69) is 15.3 Å². The van der Waals surface area contributed by atoms with Crippen LogP contribution >= 0.6 is 0 Å². The lowest BCUT2D eigenvalue weighted by Gasteiger charge is -2.27. The van der Waals surface area contributed by atoms with Gasteiger partial charge in [-0.05, 0) is 35.9 Å². The quantitative estimate of drug-likeness (QED) is 0.470. The van der Waals surface area contributed by atoms with Gasteiger partial charge in [0, 0.05) is 43.0 Å². The number of hydrogen-bond acceptors (Lipinski definition) is 7. The third kappa shape index (κ3) is 4.43. The lowest BCUT2D eigenvalue weighted by molar-refractivity contribution is 0.0730. The number of nitrogens with zero attached hydrogens (tertiary/aromatic N) is 4. The molecule has 0 atom stereocenters. The van der Waals surface area contributed by atoms with Crippen molar-refractivity contribution in [3.05, 3.63) is 78.6 Å². The number of sulfonamides is 1. The Morgan fingerprint density at radius 3 is 2.45 bits per heavy atom. The minimum absolute atomic E-state index is 0.298. The number of ether oxygens (including phenoxy) is 1. The highest BCUT2D eigenvalue weighted by Gasteiger charge is 2.28. The van der Waals surface area contributed by atoms with Crippen molar-refractivity contribution < 1.29 is 13.2 Å². The summed E-state index contributed by atoms with van der Waals surface area (Å²) in [5.41, 5.74) is 2.34. The van der Waals surface area contributed by atoms with Crippen LogP contribution in [0.3, 0.4) is 0 Å². The average Bonchev–Trinajstić information content (AvgIpc) is 2.88. The molecule has 1 aliphatic rings. The maximum Gasteiger partial charge on any atom is 0.243 e. The molecule has 0 radical (unpaired) electrons. The summed E-state index contributed by atoms with van der Waals surface area (Å²) in [5.74, 6) is 1.22. The van der Waals surface area contributed by atoms with Crippen molar-refractivity contribution in [3.63, 3.8) is 0 Å². The highest BCUT2D eigenvalue weighted by atomic mass is 32.2. The van der Waals surface area contributed by atoms with Crippen molar-refractivity contribution in [1.29, 1.82) is 0 Å². The fraction of sp³-hybridized carbons (Fsp3) is 0.208. The molecule has 0 aliphatic carbocycles. The first-order valence-electron chi connectivity index (χ1n) is 10.7. The number of benzene rings is 2. The Kier molecular flexibility index (Phi) is 5.99. The van der Waals surface area contributed by atoms with Gasteiger partial charge in [-0.3, -0.25) is 4.98 Å². The molecule has 9 heteroatoms. The van der Waals surface area contributed by atoms with Crippen LogP contribution in [0.5, 0.6) is 0 Å². The van der Waals surface area contributed by atoms with Gasteiger partial charge in [0.25, 0.3) is 0 Å². The van der Waals surface area contributed by atoms with Gasteiger partial charge < -0.3 is 10.1 Å². The standard InChI is InChI=1S/C24H23N5O3S/c30-33(31,29-13-15-32-16-14-29)22-8-4-1-5-19(22)17-26-24-20-6-2-3-7-21(20)27-23(28-24)18-9-11-25-12-10-18/h1-12H,13-17H2,(H,26,27,28). The van der Waals surface area contributed by atoms with E-state index in [4.69, 9.17) is 9.72 Å². The fourth-order valence-electron chi connectivity index (χ4n) is 3.85. The smallest absolute Gasteiger partial charge is 0.243 e. The first kappa shape index (κ1) is 21.4. The van der Waals surface area contributed by atoms with E-state index < -0.39 is 10.0 Å². The van der Waals surface area contributed by atoms with Crippen molar-refractivity contribution in [3.8, 4) is 11.4 Å². The summed E-state index contributed by atoms with van der Waals surface area (Å²) in [4.78, 5) is 13.8. The van der Waals surface area contributed by atoms with E-state index in [0.29, 0.717) is 54.9 Å². The van der Waals surface area contributed by atoms with Gasteiger partial charge in [-0.25, -0.2) is 18.4 Å². The van der Waals surface area contributed by atoms with E-state index in [0.717, 1.165) is 16.5 Å². The third-order valence-corrected chi connectivity index (χ3v) is 7.55. The molecule has 0 spiro atoms. The summed E-state index contributed by atoms with van der Waals surface area (Å²) >= 11 is 0. The van der Waals surface area contributed by atoms with Crippen LogP contribution in [0.2, 0.25) is 0 Å². The average molecular weight is 462 g/mol. The number of aromatic nitrogens is 3. The van der Waals surface area contributed by atoms with E-state index in [1.54, 1.807) is 24.5 Å². The van der Waals surface area contributed by atoms with E-state index in [1.807, 2.05) is 48.5 Å². The molecule has 4 aromatic rings. The highest BCUT2D eigenvalue weighted by Crippen LogP contribution is 2.27. The van der Waals surface area contributed by atoms with Crippen molar-refractivity contribution >= 4 is 26.7 Å². The van der Waals surface area contributed by atoms with Gasteiger partial charge >= 0.3 is 0 Å². The number of hydrogen-bond donors (Lipinski definition) is 1. The van der Waals surface area contributed by atoms with Crippen LogP contribution in [0.25, 0.3) is 22.3 Å². The maximum atomic E-state index is 13.3. The summed E-state index contributed by atoms with van der Waals surface area (Å²) in [6.07, 6.45) is 3.40. The predicted molar refractivity (Wildman–Crippen MR) is 126 cm³/mol. The SMILES string of the molecule is O=S(=O)(c1ccccc1CNc1nc(-c2ccncc2)nc2ccccc12)N1CCOCC1. The molecule has 2 aromatic heterocycles. The Bertz CT molecular complexity index is 1370. The van der Waals surface area contributed by atoms with Crippen LogP contribution in [-0.4, -0.2) is 54.0 Å². The molecule has 8 nitrogen and oxygen atoms in total. The van der Waals surface area contributed by atoms with Gasteiger partial charge in [0.05, 0.1) is 23.6 Å². The van der Waals surface area contributed by atoms with E-state index in [-0.39, 0.29) is 0 Å². The normalized spacial score (nSPS) is 14.9. The molecule has 1 fully saturated rings. The minimum Gasteiger partial charge on any atom is -0.379 e. The zero-order valence-electron chi connectivity index (χ0n) is 17.9. The molecule has 1 aliphatic heterocycles. The summed E-state index contributed by atoms with van der Waals surface area (Å²) in [7, 11) is -3.62. The van der Waals surface area contributed by atoms with Gasteiger partial charge in [0.2, 0.25) is 10.0 Å². The van der Waals surface area contributed by atoms with Crippen LogP contribution < -0.4 is 5.32 Å². The zero-order valence-corrected chi connectivity index (χ0v) is 18.7. The monoisotopic (exact) mass is 461 g/mol. The van der Waals surface area contributed by atoms with E-state index in [9.17, 15) is 8.42 Å². The molecule has 1 N–H and O–H groups in total. The van der Waals surface area contributed by atoms with E-state index >= 15 is 0 Å². The van der Waals surface area contributed by atoms with Gasteiger partial charge in [0.15, 0.2) is 5.82 Å². The lowest BCUT2D eigenvalue weighted by atomic mass is 10.2. The van der Waals surface area contributed by atoms with E-state index in [1.165, 1.54) is 4.31 Å². The predicted octanol–water partition coefficient (Wildman–Crippen LogP) is 3.32. The second kappa shape index (κ2) is 9.22. The minimum atomic E-state index is -3.62. The van der Waals surface area contributed by atoms with Crippen molar-refractivity contribution in [2.24, 2.45) is 0 Å². The van der Waals surface area contributed by atoms with Gasteiger partial charge in [-0.1, -0.05) is 30.3 Å². The topological polar surface area (TPSA) is 97.3 Å². The number of nitrogens with one attached hydrogen (secondary N) is 1. The Labute approximate surface area is 192 Å².